The third-order valence-electron chi connectivity index (χ3n) is 2.77. The lowest BCUT2D eigenvalue weighted by atomic mass is 9.96. The van der Waals surface area contributed by atoms with Crippen molar-refractivity contribution in [3.8, 4) is 0 Å². The molecule has 2 nitrogen and oxygen atoms in total. The molecule has 0 unspecified atom stereocenters. The van der Waals surface area contributed by atoms with E-state index in [1.807, 2.05) is 0 Å². The molecule has 1 aromatic rings. The molecule has 0 aliphatic rings. The molecule has 0 heterocycles. The van der Waals surface area contributed by atoms with Gasteiger partial charge in [0.1, 0.15) is 5.82 Å². The zero-order chi connectivity index (χ0) is 13.0. The van der Waals surface area contributed by atoms with E-state index in [0.29, 0.717) is 17.4 Å². The molecule has 2 atom stereocenters. The molecule has 96 valence electrons. The summed E-state index contributed by atoms with van der Waals surface area (Å²) in [5.41, 5.74) is 6.12. The van der Waals surface area contributed by atoms with Crippen molar-refractivity contribution in [2.24, 2.45) is 11.7 Å². The van der Waals surface area contributed by atoms with Crippen LogP contribution in [0.2, 0.25) is 5.02 Å². The highest BCUT2D eigenvalue weighted by Gasteiger charge is 2.20. The molecule has 0 saturated heterocycles. The number of halogens is 2. The van der Waals surface area contributed by atoms with E-state index in [9.17, 15) is 9.50 Å². The quantitative estimate of drug-likeness (QED) is 0.853. The van der Waals surface area contributed by atoms with Gasteiger partial charge in [0.2, 0.25) is 0 Å². The van der Waals surface area contributed by atoms with Crippen LogP contribution in [0, 0.1) is 11.7 Å². The van der Waals surface area contributed by atoms with Crippen LogP contribution in [0.5, 0.6) is 0 Å². The summed E-state index contributed by atoms with van der Waals surface area (Å²) >= 11 is 5.79. The van der Waals surface area contributed by atoms with Crippen molar-refractivity contribution in [3.63, 3.8) is 0 Å². The third-order valence-corrected chi connectivity index (χ3v) is 3.01. The molecular weight excluding hydrogens is 241 g/mol. The minimum atomic E-state index is -0.745. The molecule has 0 aliphatic carbocycles. The fourth-order valence-electron chi connectivity index (χ4n) is 1.66. The summed E-state index contributed by atoms with van der Waals surface area (Å²) in [6.45, 7) is 4.14. The van der Waals surface area contributed by atoms with Crippen LogP contribution >= 0.6 is 11.6 Å². The van der Waals surface area contributed by atoms with Crippen LogP contribution in [-0.4, -0.2) is 11.2 Å². The summed E-state index contributed by atoms with van der Waals surface area (Å²) in [6, 6.07) is 3.48. The van der Waals surface area contributed by atoms with E-state index < -0.39 is 18.0 Å². The Balaban J connectivity index is 2.74. The molecule has 0 amide bonds. The van der Waals surface area contributed by atoms with Crippen molar-refractivity contribution in [1.82, 2.24) is 0 Å². The summed E-state index contributed by atoms with van der Waals surface area (Å²) in [5, 5.41) is 10.3. The lowest BCUT2D eigenvalue weighted by Crippen LogP contribution is -2.27. The number of benzene rings is 1. The van der Waals surface area contributed by atoms with Gasteiger partial charge in [-0.2, -0.15) is 0 Å². The topological polar surface area (TPSA) is 46.2 Å². The highest BCUT2D eigenvalue weighted by Crippen LogP contribution is 2.24. The van der Waals surface area contributed by atoms with Gasteiger partial charge in [-0.25, -0.2) is 4.39 Å². The number of aliphatic hydroxyl groups excluding tert-OH is 1. The highest BCUT2D eigenvalue weighted by atomic mass is 35.5. The average molecular weight is 260 g/mol. The molecule has 1 rings (SSSR count). The van der Waals surface area contributed by atoms with Gasteiger partial charge >= 0.3 is 0 Å². The number of aliphatic hydroxyl groups is 1. The van der Waals surface area contributed by atoms with Gasteiger partial charge in [-0.05, 0) is 37.0 Å². The Hall–Kier alpha value is -0.640. The first kappa shape index (κ1) is 14.4. The van der Waals surface area contributed by atoms with Gasteiger partial charge in [0, 0.05) is 10.6 Å². The largest absolute Gasteiger partial charge is 0.391 e. The molecule has 0 fully saturated rings. The molecule has 3 N–H and O–H groups in total. The van der Waals surface area contributed by atoms with Crippen molar-refractivity contribution in [3.05, 3.63) is 34.6 Å². The standard InChI is InChI=1S/C13H19ClFNO/c1-8(2)3-6-12(17)13(16)10-7-9(14)4-5-11(10)15/h4-5,7-8,12-13,17H,3,6,16H2,1-2H3/t12-,13+/m1/s1. The SMILES string of the molecule is CC(C)CC[C@@H](O)[C@@H](N)c1cc(Cl)ccc1F. The molecule has 0 bridgehead atoms. The Kier molecular flexibility index (Phi) is 5.37. The van der Waals surface area contributed by atoms with Gasteiger partial charge in [0.05, 0.1) is 12.1 Å². The zero-order valence-electron chi connectivity index (χ0n) is 10.2. The van der Waals surface area contributed by atoms with E-state index in [0.717, 1.165) is 6.42 Å². The predicted molar refractivity (Wildman–Crippen MR) is 68.4 cm³/mol. The van der Waals surface area contributed by atoms with E-state index in [-0.39, 0.29) is 5.56 Å². The van der Waals surface area contributed by atoms with Gasteiger partial charge in [-0.3, -0.25) is 0 Å². The second kappa shape index (κ2) is 6.34. The zero-order valence-corrected chi connectivity index (χ0v) is 10.9. The van der Waals surface area contributed by atoms with Crippen LogP contribution in [0.15, 0.2) is 18.2 Å². The molecule has 1 aromatic carbocycles. The van der Waals surface area contributed by atoms with Crippen molar-refractivity contribution in [2.75, 3.05) is 0 Å². The first-order chi connectivity index (χ1) is 7.91. The first-order valence-corrected chi connectivity index (χ1v) is 6.18. The van der Waals surface area contributed by atoms with Gasteiger partial charge in [-0.1, -0.05) is 25.4 Å². The Morgan fingerprint density at radius 1 is 1.35 bits per heavy atom. The van der Waals surface area contributed by atoms with Crippen LogP contribution in [-0.2, 0) is 0 Å². The van der Waals surface area contributed by atoms with Gasteiger partial charge in [0.25, 0.3) is 0 Å². The molecule has 4 heteroatoms. The van der Waals surface area contributed by atoms with Crippen molar-refractivity contribution < 1.29 is 9.50 Å². The Morgan fingerprint density at radius 2 is 2.00 bits per heavy atom. The molecule has 17 heavy (non-hydrogen) atoms. The van der Waals surface area contributed by atoms with Crippen molar-refractivity contribution in [2.45, 2.75) is 38.8 Å². The maximum Gasteiger partial charge on any atom is 0.128 e. The minimum absolute atomic E-state index is 0.272. The summed E-state index contributed by atoms with van der Waals surface area (Å²) in [7, 11) is 0. The third kappa shape index (κ3) is 4.26. The van der Waals surface area contributed by atoms with Gasteiger partial charge in [-0.15, -0.1) is 0 Å². The van der Waals surface area contributed by atoms with Gasteiger partial charge in [0.15, 0.2) is 0 Å². The summed E-state index contributed by atoms with van der Waals surface area (Å²) in [5.74, 6) is 0.0616. The van der Waals surface area contributed by atoms with Crippen LogP contribution in [0.3, 0.4) is 0 Å². The Morgan fingerprint density at radius 3 is 2.59 bits per heavy atom. The van der Waals surface area contributed by atoms with E-state index >= 15 is 0 Å². The molecule has 0 aromatic heterocycles. The number of hydrogen-bond acceptors (Lipinski definition) is 2. The number of rotatable bonds is 5. The number of hydrogen-bond donors (Lipinski definition) is 2. The summed E-state index contributed by atoms with van der Waals surface area (Å²) in [6.07, 6.45) is 0.673. The van der Waals surface area contributed by atoms with Crippen molar-refractivity contribution in [1.29, 1.82) is 0 Å². The van der Waals surface area contributed by atoms with Gasteiger partial charge < -0.3 is 10.8 Å². The van der Waals surface area contributed by atoms with E-state index in [1.165, 1.54) is 18.2 Å². The molecule has 0 saturated carbocycles. The second-order valence-electron chi connectivity index (χ2n) is 4.73. The fourth-order valence-corrected chi connectivity index (χ4v) is 1.84. The van der Waals surface area contributed by atoms with E-state index in [2.05, 4.69) is 13.8 Å². The van der Waals surface area contributed by atoms with Crippen molar-refractivity contribution >= 4 is 11.6 Å². The molecule has 0 spiro atoms. The van der Waals surface area contributed by atoms with Crippen LogP contribution < -0.4 is 5.73 Å². The van der Waals surface area contributed by atoms with Crippen LogP contribution in [0.4, 0.5) is 4.39 Å². The summed E-state index contributed by atoms with van der Waals surface area (Å²) in [4.78, 5) is 0. The normalized spacial score (nSPS) is 15.0. The van der Waals surface area contributed by atoms with Crippen LogP contribution in [0.25, 0.3) is 0 Å². The fraction of sp³-hybridized carbons (Fsp3) is 0.538. The lowest BCUT2D eigenvalue weighted by molar-refractivity contribution is 0.127. The molecule has 0 aliphatic heterocycles. The second-order valence-corrected chi connectivity index (χ2v) is 5.17. The summed E-state index contributed by atoms with van der Waals surface area (Å²) < 4.78 is 13.5. The molecule has 0 radical (unpaired) electrons. The monoisotopic (exact) mass is 259 g/mol. The molecular formula is C13H19ClFNO. The Labute approximate surface area is 107 Å². The average Bonchev–Trinajstić information content (AvgIpc) is 2.28. The smallest absolute Gasteiger partial charge is 0.128 e. The number of nitrogens with two attached hydrogens (primary N) is 1. The Bertz CT molecular complexity index is 370. The van der Waals surface area contributed by atoms with Crippen LogP contribution in [0.1, 0.15) is 38.3 Å². The highest BCUT2D eigenvalue weighted by molar-refractivity contribution is 6.30. The maximum absolute atomic E-state index is 13.5. The minimum Gasteiger partial charge on any atom is -0.391 e. The van der Waals surface area contributed by atoms with E-state index in [1.54, 1.807) is 0 Å². The van der Waals surface area contributed by atoms with E-state index in [4.69, 9.17) is 17.3 Å². The predicted octanol–water partition coefficient (Wildman–Crippen LogP) is 3.28. The first-order valence-electron chi connectivity index (χ1n) is 5.80. The lowest BCUT2D eigenvalue weighted by Gasteiger charge is -2.20. The maximum atomic E-state index is 13.5.